The predicted molar refractivity (Wildman–Crippen MR) is 102 cm³/mol. The van der Waals surface area contributed by atoms with Crippen molar-refractivity contribution in [2.75, 3.05) is 13.2 Å². The molecule has 0 aromatic heterocycles. The van der Waals surface area contributed by atoms with Crippen molar-refractivity contribution in [2.45, 2.75) is 0 Å². The molecule has 1 radical (unpaired) electrons. The van der Waals surface area contributed by atoms with Gasteiger partial charge in [-0.15, -0.1) is 0 Å². The quantitative estimate of drug-likeness (QED) is 0.545. The molecule has 0 aliphatic rings. The number of para-hydroxylation sites is 2. The summed E-state index contributed by atoms with van der Waals surface area (Å²) in [5.74, 6) is -0.607. The molecule has 0 saturated heterocycles. The summed E-state index contributed by atoms with van der Waals surface area (Å²) in [6, 6.07) is 13.3. The zero-order chi connectivity index (χ0) is 19.4. The van der Waals surface area contributed by atoms with Crippen LogP contribution in [-0.2, 0) is 32.7 Å². The topological polar surface area (TPSA) is 100 Å². The van der Waals surface area contributed by atoms with Gasteiger partial charge in [-0.1, -0.05) is 49.6 Å². The molecule has 0 saturated carbocycles. The van der Waals surface area contributed by atoms with Crippen molar-refractivity contribution in [2.24, 2.45) is 0 Å². The maximum Gasteiger partial charge on any atom is 0.128 e. The second kappa shape index (κ2) is 13.7. The van der Waals surface area contributed by atoms with Crippen LogP contribution in [0.25, 0.3) is 11.5 Å². The molecular formula is C20H20N2O4Y-2. The molecule has 0 atom stereocenters. The van der Waals surface area contributed by atoms with Gasteiger partial charge in [-0.3, -0.25) is 0 Å². The van der Waals surface area contributed by atoms with Crippen molar-refractivity contribution in [1.29, 1.82) is 0 Å². The van der Waals surface area contributed by atoms with Gasteiger partial charge in [0.15, 0.2) is 0 Å². The molecule has 0 fully saturated rings. The van der Waals surface area contributed by atoms with Crippen molar-refractivity contribution in [3.05, 3.63) is 96.4 Å². The van der Waals surface area contributed by atoms with Gasteiger partial charge in [-0.05, 0) is 24.3 Å². The SMILES string of the molecule is C=CCOc1ccccc1C([NH-])=O.C=CCOc1ccccc1C([NH-])=O.[Y]. The predicted octanol–water partition coefficient (Wildman–Crippen LogP) is 4.89. The van der Waals surface area contributed by atoms with Crippen LogP contribution in [0.4, 0.5) is 0 Å². The second-order valence-corrected chi connectivity index (χ2v) is 4.85. The van der Waals surface area contributed by atoms with E-state index in [1.165, 1.54) is 0 Å². The van der Waals surface area contributed by atoms with Crippen LogP contribution in [0.2, 0.25) is 0 Å². The standard InChI is InChI=1S/2C10H11NO2.Y/c2*1-2-7-13-9-6-4-3-5-8(9)10(11)12;/h2*2-6H,1,7H2,(H2,11,12);/p-2. The third-order valence-corrected chi connectivity index (χ3v) is 2.98. The Balaban J connectivity index is 0.000000483. The molecule has 0 spiro atoms. The second-order valence-electron chi connectivity index (χ2n) is 4.85. The first-order chi connectivity index (χ1) is 12.5. The van der Waals surface area contributed by atoms with Gasteiger partial charge in [0.05, 0.1) is 11.8 Å². The molecule has 2 aromatic rings. The van der Waals surface area contributed by atoms with Crippen molar-refractivity contribution in [3.63, 3.8) is 0 Å². The number of benzene rings is 2. The number of amides is 2. The summed E-state index contributed by atoms with van der Waals surface area (Å²) in [5, 5.41) is 0. The molecule has 2 rings (SSSR count). The van der Waals surface area contributed by atoms with Crippen LogP contribution in [-0.4, -0.2) is 25.0 Å². The van der Waals surface area contributed by atoms with Crippen LogP contribution in [0.3, 0.4) is 0 Å². The van der Waals surface area contributed by atoms with Gasteiger partial charge in [0.25, 0.3) is 0 Å². The number of carbonyl (C=O) groups excluding carboxylic acids is 2. The van der Waals surface area contributed by atoms with E-state index in [1.807, 2.05) is 0 Å². The van der Waals surface area contributed by atoms with Crippen molar-refractivity contribution in [1.82, 2.24) is 0 Å². The van der Waals surface area contributed by atoms with E-state index >= 15 is 0 Å². The van der Waals surface area contributed by atoms with Gasteiger partial charge in [0.2, 0.25) is 0 Å². The molecule has 0 bridgehead atoms. The van der Waals surface area contributed by atoms with Gasteiger partial charge in [0.1, 0.15) is 24.7 Å². The summed E-state index contributed by atoms with van der Waals surface area (Å²) < 4.78 is 10.4. The van der Waals surface area contributed by atoms with E-state index in [0.29, 0.717) is 24.7 Å². The molecule has 6 nitrogen and oxygen atoms in total. The average Bonchev–Trinajstić information content (AvgIpc) is 2.65. The Morgan fingerprint density at radius 1 is 0.778 bits per heavy atom. The smallest absolute Gasteiger partial charge is 0.128 e. The minimum absolute atomic E-state index is 0. The summed E-state index contributed by atoms with van der Waals surface area (Å²) in [6.07, 6.45) is 3.18. The minimum atomic E-state index is -0.736. The van der Waals surface area contributed by atoms with Gasteiger partial charge in [0, 0.05) is 43.8 Å². The van der Waals surface area contributed by atoms with Crippen molar-refractivity contribution in [3.8, 4) is 11.5 Å². The normalized spacial score (nSPS) is 8.89. The van der Waals surface area contributed by atoms with E-state index < -0.39 is 11.8 Å². The zero-order valence-corrected chi connectivity index (χ0v) is 17.7. The van der Waals surface area contributed by atoms with Crippen molar-refractivity contribution >= 4 is 11.8 Å². The van der Waals surface area contributed by atoms with Crippen LogP contribution in [0.5, 0.6) is 11.5 Å². The maximum atomic E-state index is 10.8. The summed E-state index contributed by atoms with van der Waals surface area (Å²) >= 11 is 0. The average molecular weight is 441 g/mol. The first-order valence-electron chi connectivity index (χ1n) is 7.68. The van der Waals surface area contributed by atoms with E-state index in [0.717, 1.165) is 0 Å². The van der Waals surface area contributed by atoms with E-state index in [4.69, 9.17) is 20.9 Å². The largest absolute Gasteiger partial charge is 0.663 e. The Kier molecular flexibility index (Phi) is 12.5. The Bertz CT molecular complexity index is 713. The first-order valence-corrected chi connectivity index (χ1v) is 7.68. The van der Waals surface area contributed by atoms with Gasteiger partial charge in [-0.25, -0.2) is 0 Å². The van der Waals surface area contributed by atoms with Crippen LogP contribution in [0.1, 0.15) is 20.7 Å². The Hall–Kier alpha value is -2.44. The van der Waals surface area contributed by atoms with E-state index in [2.05, 4.69) is 13.2 Å². The fourth-order valence-electron chi connectivity index (χ4n) is 1.86. The fourth-order valence-corrected chi connectivity index (χ4v) is 1.86. The number of ether oxygens (including phenoxy) is 2. The first kappa shape index (κ1) is 24.6. The number of hydrogen-bond donors (Lipinski definition) is 0. The third kappa shape index (κ3) is 8.66. The summed E-state index contributed by atoms with van der Waals surface area (Å²) in [4.78, 5) is 21.6. The van der Waals surface area contributed by atoms with Crippen LogP contribution in [0, 0.1) is 0 Å². The maximum absolute atomic E-state index is 10.8. The number of rotatable bonds is 8. The molecular weight excluding hydrogens is 421 g/mol. The molecule has 0 aliphatic heterocycles. The third-order valence-electron chi connectivity index (χ3n) is 2.98. The van der Waals surface area contributed by atoms with Gasteiger partial charge < -0.3 is 30.5 Å². The Morgan fingerprint density at radius 2 is 1.11 bits per heavy atom. The number of nitrogens with one attached hydrogen (secondary N) is 2. The molecule has 0 heterocycles. The van der Waals surface area contributed by atoms with E-state index in [1.54, 1.807) is 60.7 Å². The van der Waals surface area contributed by atoms with E-state index in [9.17, 15) is 9.59 Å². The summed E-state index contributed by atoms with van der Waals surface area (Å²) in [6.45, 7) is 7.66. The molecule has 27 heavy (non-hydrogen) atoms. The molecule has 139 valence electrons. The molecule has 0 aliphatic carbocycles. The van der Waals surface area contributed by atoms with Gasteiger partial charge >= 0.3 is 0 Å². The molecule has 0 unspecified atom stereocenters. The van der Waals surface area contributed by atoms with Crippen molar-refractivity contribution < 1.29 is 51.8 Å². The Morgan fingerprint density at radius 3 is 1.41 bits per heavy atom. The number of carbonyl (C=O) groups is 2. The molecule has 2 amide bonds. The fraction of sp³-hybridized carbons (Fsp3) is 0.100. The van der Waals surface area contributed by atoms with Crippen LogP contribution < -0.4 is 9.47 Å². The number of hydrogen-bond acceptors (Lipinski definition) is 4. The molecule has 2 N–H and O–H groups in total. The zero-order valence-electron chi connectivity index (χ0n) is 14.8. The minimum Gasteiger partial charge on any atom is -0.663 e. The van der Waals surface area contributed by atoms with Crippen LogP contribution >= 0.6 is 0 Å². The summed E-state index contributed by atoms with van der Waals surface area (Å²) in [7, 11) is 0. The summed E-state index contributed by atoms with van der Waals surface area (Å²) in [5.41, 5.74) is 14.5. The molecule has 7 heteroatoms. The Labute approximate surface area is 184 Å². The van der Waals surface area contributed by atoms with E-state index in [-0.39, 0.29) is 43.8 Å². The van der Waals surface area contributed by atoms with Crippen LogP contribution in [0.15, 0.2) is 73.8 Å². The molecule has 2 aromatic carbocycles. The monoisotopic (exact) mass is 441 g/mol. The van der Waals surface area contributed by atoms with Gasteiger partial charge in [-0.2, -0.15) is 0 Å².